The molecule has 0 unspecified atom stereocenters. The average molecular weight is 192 g/mol. The molecule has 0 atom stereocenters. The maximum atomic E-state index is 12.1. The zero-order valence-corrected chi connectivity index (χ0v) is 7.59. The standard InChI is InChI=1S/C8H14F2N2O/c1-2-3-12(6-4-11-5-6)8(13)7(9)10/h6-7,11H,2-5H2,1H3. The predicted octanol–water partition coefficient (Wildman–Crippen LogP) is 0.462. The number of halogens is 2. The maximum Gasteiger partial charge on any atom is 0.315 e. The second kappa shape index (κ2) is 4.50. The number of amides is 1. The molecule has 0 aliphatic carbocycles. The van der Waals surface area contributed by atoms with Gasteiger partial charge in [0.2, 0.25) is 0 Å². The Morgan fingerprint density at radius 3 is 2.54 bits per heavy atom. The summed E-state index contributed by atoms with van der Waals surface area (Å²) in [6.45, 7) is 3.57. The molecule has 0 bridgehead atoms. The van der Waals surface area contributed by atoms with E-state index in [0.29, 0.717) is 19.6 Å². The van der Waals surface area contributed by atoms with Crippen molar-refractivity contribution < 1.29 is 13.6 Å². The molecule has 1 heterocycles. The van der Waals surface area contributed by atoms with Gasteiger partial charge in [-0.2, -0.15) is 8.78 Å². The van der Waals surface area contributed by atoms with Crippen molar-refractivity contribution in [1.29, 1.82) is 0 Å². The topological polar surface area (TPSA) is 32.3 Å². The van der Waals surface area contributed by atoms with Gasteiger partial charge < -0.3 is 10.2 Å². The Hall–Kier alpha value is -0.710. The van der Waals surface area contributed by atoms with Gasteiger partial charge in [-0.25, -0.2) is 0 Å². The van der Waals surface area contributed by atoms with Crippen molar-refractivity contribution >= 4 is 5.91 Å². The Balaban J connectivity index is 2.50. The van der Waals surface area contributed by atoms with Gasteiger partial charge in [0.05, 0.1) is 6.04 Å². The van der Waals surface area contributed by atoms with Gasteiger partial charge in [-0.1, -0.05) is 6.92 Å². The Morgan fingerprint density at radius 2 is 2.23 bits per heavy atom. The molecule has 1 aliphatic heterocycles. The minimum absolute atomic E-state index is 0.0264. The Bertz CT molecular complexity index is 183. The Labute approximate surface area is 76.1 Å². The summed E-state index contributed by atoms with van der Waals surface area (Å²) in [5.41, 5.74) is 0. The van der Waals surface area contributed by atoms with Crippen molar-refractivity contribution in [3.63, 3.8) is 0 Å². The van der Waals surface area contributed by atoms with E-state index in [0.717, 1.165) is 6.42 Å². The minimum atomic E-state index is -2.87. The first-order chi connectivity index (χ1) is 6.16. The van der Waals surface area contributed by atoms with E-state index in [1.807, 2.05) is 6.92 Å². The molecule has 0 radical (unpaired) electrons. The quantitative estimate of drug-likeness (QED) is 0.702. The van der Waals surface area contributed by atoms with Crippen LogP contribution >= 0.6 is 0 Å². The van der Waals surface area contributed by atoms with Gasteiger partial charge in [0.25, 0.3) is 5.91 Å². The summed E-state index contributed by atoms with van der Waals surface area (Å²) < 4.78 is 24.2. The van der Waals surface area contributed by atoms with E-state index in [-0.39, 0.29) is 6.04 Å². The summed E-state index contributed by atoms with van der Waals surface area (Å²) in [5, 5.41) is 2.96. The van der Waals surface area contributed by atoms with E-state index in [1.165, 1.54) is 4.90 Å². The van der Waals surface area contributed by atoms with Crippen molar-refractivity contribution in [2.75, 3.05) is 19.6 Å². The molecular formula is C8H14F2N2O. The molecule has 1 N–H and O–H groups in total. The molecule has 0 aromatic rings. The third-order valence-corrected chi connectivity index (χ3v) is 2.13. The van der Waals surface area contributed by atoms with Crippen LogP contribution in [0.25, 0.3) is 0 Å². The van der Waals surface area contributed by atoms with Crippen LogP contribution in [0.1, 0.15) is 13.3 Å². The largest absolute Gasteiger partial charge is 0.332 e. The monoisotopic (exact) mass is 192 g/mol. The fraction of sp³-hybridized carbons (Fsp3) is 0.875. The van der Waals surface area contributed by atoms with Crippen LogP contribution in [0.2, 0.25) is 0 Å². The molecule has 1 rings (SSSR count). The fourth-order valence-electron chi connectivity index (χ4n) is 1.33. The number of nitrogens with one attached hydrogen (secondary N) is 1. The summed E-state index contributed by atoms with van der Waals surface area (Å²) in [4.78, 5) is 12.3. The highest BCUT2D eigenvalue weighted by atomic mass is 19.3. The van der Waals surface area contributed by atoms with Crippen LogP contribution in [-0.4, -0.2) is 42.9 Å². The lowest BCUT2D eigenvalue weighted by molar-refractivity contribution is -0.146. The first-order valence-electron chi connectivity index (χ1n) is 4.46. The lowest BCUT2D eigenvalue weighted by Crippen LogP contribution is -2.60. The van der Waals surface area contributed by atoms with Crippen LogP contribution in [0, 0.1) is 0 Å². The van der Waals surface area contributed by atoms with Gasteiger partial charge in [0.1, 0.15) is 0 Å². The lowest BCUT2D eigenvalue weighted by Gasteiger charge is -2.37. The number of rotatable bonds is 4. The first-order valence-corrected chi connectivity index (χ1v) is 4.46. The fourth-order valence-corrected chi connectivity index (χ4v) is 1.33. The number of nitrogens with zero attached hydrogens (tertiary/aromatic N) is 1. The molecule has 0 spiro atoms. The molecule has 0 aromatic carbocycles. The number of alkyl halides is 2. The van der Waals surface area contributed by atoms with Crippen LogP contribution in [0.4, 0.5) is 8.78 Å². The summed E-state index contributed by atoms with van der Waals surface area (Å²) in [5.74, 6) is -1.03. The zero-order valence-electron chi connectivity index (χ0n) is 7.59. The molecule has 0 aromatic heterocycles. The van der Waals surface area contributed by atoms with Gasteiger partial charge in [0.15, 0.2) is 0 Å². The molecule has 3 nitrogen and oxygen atoms in total. The molecular weight excluding hydrogens is 178 g/mol. The third-order valence-electron chi connectivity index (χ3n) is 2.13. The first kappa shape index (κ1) is 10.4. The maximum absolute atomic E-state index is 12.1. The number of hydrogen-bond acceptors (Lipinski definition) is 2. The zero-order chi connectivity index (χ0) is 9.84. The molecule has 13 heavy (non-hydrogen) atoms. The average Bonchev–Trinajstić information content (AvgIpc) is 1.99. The van der Waals surface area contributed by atoms with Crippen molar-refractivity contribution in [3.8, 4) is 0 Å². The van der Waals surface area contributed by atoms with E-state index in [2.05, 4.69) is 5.32 Å². The molecule has 1 amide bonds. The molecule has 5 heteroatoms. The lowest BCUT2D eigenvalue weighted by atomic mass is 10.1. The van der Waals surface area contributed by atoms with Crippen LogP contribution in [0.15, 0.2) is 0 Å². The number of carbonyl (C=O) groups excluding carboxylic acids is 1. The van der Waals surface area contributed by atoms with Crippen LogP contribution in [0.5, 0.6) is 0 Å². The Morgan fingerprint density at radius 1 is 1.62 bits per heavy atom. The molecule has 1 aliphatic rings. The van der Waals surface area contributed by atoms with E-state index >= 15 is 0 Å². The van der Waals surface area contributed by atoms with Crippen molar-refractivity contribution in [2.45, 2.75) is 25.8 Å². The second-order valence-corrected chi connectivity index (χ2v) is 3.14. The number of hydrogen-bond donors (Lipinski definition) is 1. The summed E-state index contributed by atoms with van der Waals surface area (Å²) >= 11 is 0. The van der Waals surface area contributed by atoms with Gasteiger partial charge in [-0.15, -0.1) is 0 Å². The van der Waals surface area contributed by atoms with E-state index < -0.39 is 12.3 Å². The van der Waals surface area contributed by atoms with Crippen molar-refractivity contribution in [1.82, 2.24) is 10.2 Å². The smallest absolute Gasteiger partial charge is 0.315 e. The number of carbonyl (C=O) groups is 1. The van der Waals surface area contributed by atoms with Crippen LogP contribution < -0.4 is 5.32 Å². The predicted molar refractivity (Wildman–Crippen MR) is 44.7 cm³/mol. The highest BCUT2D eigenvalue weighted by molar-refractivity contribution is 5.79. The van der Waals surface area contributed by atoms with Gasteiger partial charge >= 0.3 is 6.43 Å². The minimum Gasteiger partial charge on any atom is -0.332 e. The third kappa shape index (κ3) is 2.37. The molecule has 0 saturated carbocycles. The second-order valence-electron chi connectivity index (χ2n) is 3.14. The SMILES string of the molecule is CCCN(C(=O)C(F)F)C1CNC1. The van der Waals surface area contributed by atoms with Crippen LogP contribution in [0.3, 0.4) is 0 Å². The van der Waals surface area contributed by atoms with Gasteiger partial charge in [-0.05, 0) is 6.42 Å². The normalized spacial score (nSPS) is 17.2. The molecule has 1 saturated heterocycles. The molecule has 76 valence electrons. The molecule has 1 fully saturated rings. The summed E-state index contributed by atoms with van der Waals surface area (Å²) in [7, 11) is 0. The van der Waals surface area contributed by atoms with Crippen molar-refractivity contribution in [2.24, 2.45) is 0 Å². The van der Waals surface area contributed by atoms with Gasteiger partial charge in [-0.3, -0.25) is 4.79 Å². The van der Waals surface area contributed by atoms with E-state index in [1.54, 1.807) is 0 Å². The highest BCUT2D eigenvalue weighted by Gasteiger charge is 2.31. The van der Waals surface area contributed by atoms with Gasteiger partial charge in [0, 0.05) is 19.6 Å². The Kier molecular flexibility index (Phi) is 3.59. The highest BCUT2D eigenvalue weighted by Crippen LogP contribution is 2.10. The summed E-state index contributed by atoms with van der Waals surface area (Å²) in [6, 6.07) is -0.0264. The summed E-state index contributed by atoms with van der Waals surface area (Å²) in [6.07, 6.45) is -2.15. The van der Waals surface area contributed by atoms with E-state index in [4.69, 9.17) is 0 Å². The van der Waals surface area contributed by atoms with Crippen molar-refractivity contribution in [3.05, 3.63) is 0 Å². The van der Waals surface area contributed by atoms with Crippen LogP contribution in [-0.2, 0) is 4.79 Å². The van der Waals surface area contributed by atoms with E-state index in [9.17, 15) is 13.6 Å².